The first kappa shape index (κ1) is 5.97. The van der Waals surface area contributed by atoms with E-state index in [0.717, 1.165) is 0 Å². The third-order valence-corrected chi connectivity index (χ3v) is 0.967. The summed E-state index contributed by atoms with van der Waals surface area (Å²) in [5.41, 5.74) is 5.07. The molecule has 0 saturated heterocycles. The Bertz CT molecular complexity index is 192. The Morgan fingerprint density at radius 3 is 3.00 bits per heavy atom. The molecule has 4 heteroatoms. The minimum atomic E-state index is -0.146. The van der Waals surface area contributed by atoms with Gasteiger partial charge in [-0.2, -0.15) is 0 Å². The second-order valence-corrected chi connectivity index (χ2v) is 1.57. The van der Waals surface area contributed by atoms with Crippen LogP contribution >= 0.6 is 0 Å². The van der Waals surface area contributed by atoms with Gasteiger partial charge in [0.2, 0.25) is 5.91 Å². The van der Waals surface area contributed by atoms with Gasteiger partial charge >= 0.3 is 0 Å². The highest BCUT2D eigenvalue weighted by molar-refractivity contribution is 5.80. The Balaban J connectivity index is 2.77. The van der Waals surface area contributed by atoms with Crippen molar-refractivity contribution in [1.29, 1.82) is 0 Å². The maximum Gasteiger partial charge on any atom is 0.245 e. The normalized spacial score (nSPS) is 9.44. The van der Waals surface area contributed by atoms with E-state index in [9.17, 15) is 4.79 Å². The van der Waals surface area contributed by atoms with Gasteiger partial charge in [0.25, 0.3) is 0 Å². The van der Waals surface area contributed by atoms with E-state index in [-0.39, 0.29) is 12.5 Å². The lowest BCUT2D eigenvalue weighted by Crippen LogP contribution is -2.19. The molecule has 9 heavy (non-hydrogen) atoms. The van der Waals surface area contributed by atoms with Crippen LogP contribution in [-0.4, -0.2) is 22.0 Å². The summed E-state index contributed by atoms with van der Waals surface area (Å²) < 4.78 is 1.35. The fraction of sp³-hybridized carbons (Fsp3) is 0.200. The molecule has 48 valence electrons. The summed E-state index contributed by atoms with van der Waals surface area (Å²) in [6.45, 7) is 0.0242. The van der Waals surface area contributed by atoms with Crippen molar-refractivity contribution in [2.75, 3.05) is 6.54 Å². The molecule has 0 saturated carbocycles. The average Bonchev–Trinajstić information content (AvgIpc) is 2.37. The molecule has 0 spiro atoms. The number of carbonyl (C=O) groups excluding carboxylic acids is 1. The predicted octanol–water partition coefficient (Wildman–Crippen LogP) is -0.518. The van der Waals surface area contributed by atoms with Crippen LogP contribution in [0.3, 0.4) is 0 Å². The van der Waals surface area contributed by atoms with Crippen LogP contribution in [-0.2, 0) is 0 Å². The van der Waals surface area contributed by atoms with E-state index >= 15 is 0 Å². The van der Waals surface area contributed by atoms with Crippen molar-refractivity contribution in [1.82, 2.24) is 9.55 Å². The van der Waals surface area contributed by atoms with Gasteiger partial charge in [-0.25, -0.2) is 4.98 Å². The molecule has 1 aromatic heterocycles. The maximum atomic E-state index is 10.7. The summed E-state index contributed by atoms with van der Waals surface area (Å²) in [7, 11) is 0. The van der Waals surface area contributed by atoms with Crippen molar-refractivity contribution in [2.24, 2.45) is 5.73 Å². The van der Waals surface area contributed by atoms with Crippen molar-refractivity contribution < 1.29 is 4.79 Å². The molecule has 0 bridgehead atoms. The van der Waals surface area contributed by atoms with Crippen LogP contribution in [0.15, 0.2) is 18.7 Å². The van der Waals surface area contributed by atoms with Crippen LogP contribution < -0.4 is 5.73 Å². The lowest BCUT2D eigenvalue weighted by molar-refractivity contribution is 0.0923. The first-order valence-corrected chi connectivity index (χ1v) is 2.56. The minimum absolute atomic E-state index is 0.0242. The monoisotopic (exact) mass is 125 g/mol. The number of nitrogens with two attached hydrogens (primary N) is 1. The molecule has 4 nitrogen and oxygen atoms in total. The molecule has 0 amide bonds. The molecule has 1 aromatic rings. The van der Waals surface area contributed by atoms with Crippen LogP contribution in [0.5, 0.6) is 0 Å². The molecule has 0 aromatic carbocycles. The Labute approximate surface area is 52.3 Å². The number of hydrogen-bond acceptors (Lipinski definition) is 3. The van der Waals surface area contributed by atoms with Gasteiger partial charge in [0.1, 0.15) is 6.33 Å². The number of rotatable bonds is 1. The van der Waals surface area contributed by atoms with E-state index in [1.807, 2.05) is 0 Å². The number of nitrogens with zero attached hydrogens (tertiary/aromatic N) is 2. The Morgan fingerprint density at radius 2 is 2.56 bits per heavy atom. The van der Waals surface area contributed by atoms with E-state index in [1.165, 1.54) is 17.1 Å². The Morgan fingerprint density at radius 1 is 1.78 bits per heavy atom. The van der Waals surface area contributed by atoms with Gasteiger partial charge in [-0.1, -0.05) is 0 Å². The number of aromatic nitrogens is 2. The molecule has 0 unspecified atom stereocenters. The largest absolute Gasteiger partial charge is 0.322 e. The fourth-order valence-corrected chi connectivity index (χ4v) is 0.512. The quantitative estimate of drug-likeness (QED) is 0.549. The summed E-state index contributed by atoms with van der Waals surface area (Å²) in [4.78, 5) is 14.4. The summed E-state index contributed by atoms with van der Waals surface area (Å²) in [5.74, 6) is -0.146. The third kappa shape index (κ3) is 1.14. The van der Waals surface area contributed by atoms with E-state index in [2.05, 4.69) is 4.98 Å². The Hall–Kier alpha value is -1.16. The highest BCUT2D eigenvalue weighted by Crippen LogP contribution is 1.82. The van der Waals surface area contributed by atoms with Crippen LogP contribution in [0, 0.1) is 0 Å². The first-order chi connectivity index (χ1) is 4.34. The number of imidazole rings is 1. The summed E-state index contributed by atoms with van der Waals surface area (Å²) in [5, 5.41) is 0. The van der Waals surface area contributed by atoms with Gasteiger partial charge in [-0.3, -0.25) is 9.36 Å². The zero-order chi connectivity index (χ0) is 6.69. The fourth-order valence-electron chi connectivity index (χ4n) is 0.512. The second kappa shape index (κ2) is 2.41. The SMILES string of the molecule is NCC(=O)n1ccnc1. The van der Waals surface area contributed by atoms with Gasteiger partial charge in [0.15, 0.2) is 0 Å². The Kier molecular flexibility index (Phi) is 1.60. The number of carbonyl (C=O) groups is 1. The standard InChI is InChI=1S/C5H7N3O/c6-3-5(9)8-2-1-7-4-8/h1-2,4H,3,6H2. The van der Waals surface area contributed by atoms with E-state index in [0.29, 0.717) is 0 Å². The van der Waals surface area contributed by atoms with Crippen LogP contribution in [0.2, 0.25) is 0 Å². The highest BCUT2D eigenvalue weighted by atomic mass is 16.2. The van der Waals surface area contributed by atoms with Crippen molar-refractivity contribution >= 4 is 5.91 Å². The van der Waals surface area contributed by atoms with Crippen molar-refractivity contribution in [3.05, 3.63) is 18.7 Å². The van der Waals surface area contributed by atoms with E-state index in [1.54, 1.807) is 6.20 Å². The summed E-state index contributed by atoms with van der Waals surface area (Å²) in [6.07, 6.45) is 4.53. The smallest absolute Gasteiger partial charge is 0.245 e. The molecule has 0 fully saturated rings. The lowest BCUT2D eigenvalue weighted by atomic mass is 10.6. The maximum absolute atomic E-state index is 10.7. The van der Waals surface area contributed by atoms with Crippen LogP contribution in [0.1, 0.15) is 4.79 Å². The molecule has 0 atom stereocenters. The van der Waals surface area contributed by atoms with Crippen LogP contribution in [0.4, 0.5) is 0 Å². The molecule has 0 aliphatic heterocycles. The average molecular weight is 125 g/mol. The molecule has 0 radical (unpaired) electrons. The molecule has 2 N–H and O–H groups in total. The first-order valence-electron chi connectivity index (χ1n) is 2.56. The van der Waals surface area contributed by atoms with Crippen molar-refractivity contribution in [3.63, 3.8) is 0 Å². The van der Waals surface area contributed by atoms with Gasteiger partial charge < -0.3 is 5.73 Å². The lowest BCUT2D eigenvalue weighted by Gasteiger charge is -1.92. The molecular weight excluding hydrogens is 118 g/mol. The van der Waals surface area contributed by atoms with Gasteiger partial charge in [0.05, 0.1) is 6.54 Å². The second-order valence-electron chi connectivity index (χ2n) is 1.57. The van der Waals surface area contributed by atoms with Gasteiger partial charge in [-0.15, -0.1) is 0 Å². The van der Waals surface area contributed by atoms with Gasteiger partial charge in [0, 0.05) is 12.4 Å². The summed E-state index contributed by atoms with van der Waals surface area (Å²) in [6, 6.07) is 0. The molecule has 1 rings (SSSR count). The van der Waals surface area contributed by atoms with E-state index < -0.39 is 0 Å². The zero-order valence-corrected chi connectivity index (χ0v) is 4.82. The van der Waals surface area contributed by atoms with Crippen molar-refractivity contribution in [2.45, 2.75) is 0 Å². The predicted molar refractivity (Wildman–Crippen MR) is 31.9 cm³/mol. The van der Waals surface area contributed by atoms with Gasteiger partial charge in [-0.05, 0) is 0 Å². The molecule has 0 aliphatic rings. The van der Waals surface area contributed by atoms with Crippen LogP contribution in [0.25, 0.3) is 0 Å². The van der Waals surface area contributed by atoms with E-state index in [4.69, 9.17) is 5.73 Å². The zero-order valence-electron chi connectivity index (χ0n) is 4.82. The molecular formula is C5H7N3O. The third-order valence-electron chi connectivity index (χ3n) is 0.967. The topological polar surface area (TPSA) is 60.9 Å². The summed E-state index contributed by atoms with van der Waals surface area (Å²) >= 11 is 0. The minimum Gasteiger partial charge on any atom is -0.322 e. The highest BCUT2D eigenvalue weighted by Gasteiger charge is 1.96. The molecule has 1 heterocycles. The molecule has 0 aliphatic carbocycles. The van der Waals surface area contributed by atoms with Crippen molar-refractivity contribution in [3.8, 4) is 0 Å². The number of hydrogen-bond donors (Lipinski definition) is 1.